The Morgan fingerprint density at radius 2 is 1.85 bits per heavy atom. The van der Waals surface area contributed by atoms with E-state index in [1.165, 1.54) is 17.0 Å². The fourth-order valence-electron chi connectivity index (χ4n) is 4.48. The van der Waals surface area contributed by atoms with Gasteiger partial charge in [-0.25, -0.2) is 14.2 Å². The number of carboxylic acid groups (broad SMARTS) is 1. The minimum Gasteiger partial charge on any atom is -0.465 e. The minimum absolute atomic E-state index is 0.242. The zero-order chi connectivity index (χ0) is 22.9. The van der Waals surface area contributed by atoms with Gasteiger partial charge in [0.15, 0.2) is 0 Å². The molecule has 1 saturated heterocycles. The molecule has 0 bridgehead atoms. The summed E-state index contributed by atoms with van der Waals surface area (Å²) in [6.07, 6.45) is 1.94. The molecule has 2 aromatic heterocycles. The van der Waals surface area contributed by atoms with E-state index in [0.717, 1.165) is 39.8 Å². The monoisotopic (exact) mass is 440 g/mol. The number of rotatable bonds is 4. The summed E-state index contributed by atoms with van der Waals surface area (Å²) >= 11 is 0. The summed E-state index contributed by atoms with van der Waals surface area (Å²) in [5.74, 6) is -0.0651. The molecule has 1 fully saturated rings. The first kappa shape index (κ1) is 20.7. The highest BCUT2D eigenvalue weighted by Crippen LogP contribution is 2.34. The standard InChI is InChI=1S/C26H21FN4O2/c27-21-7-5-20(6-8-21)25-22(19-3-1-17(14-28)2-4-19)13-24-23(29-25)10-12-30(24)15-18-9-11-31(16-18)26(32)33/h1-8,10,12-13,18H,9,11,15-16H2,(H,32,33)/t18-/m0/s1. The highest BCUT2D eigenvalue weighted by molar-refractivity contribution is 5.90. The van der Waals surface area contributed by atoms with Crippen molar-refractivity contribution in [3.05, 3.63) is 78.2 Å². The Balaban J connectivity index is 1.58. The van der Waals surface area contributed by atoms with E-state index in [2.05, 4.69) is 16.7 Å². The third-order valence-corrected chi connectivity index (χ3v) is 6.21. The van der Waals surface area contributed by atoms with Crippen LogP contribution in [0.4, 0.5) is 9.18 Å². The van der Waals surface area contributed by atoms with Gasteiger partial charge in [0.05, 0.1) is 28.4 Å². The van der Waals surface area contributed by atoms with Gasteiger partial charge >= 0.3 is 6.09 Å². The molecule has 164 valence electrons. The van der Waals surface area contributed by atoms with Crippen molar-refractivity contribution in [1.29, 1.82) is 5.26 Å². The van der Waals surface area contributed by atoms with E-state index in [1.54, 1.807) is 24.3 Å². The Morgan fingerprint density at radius 3 is 2.52 bits per heavy atom. The largest absolute Gasteiger partial charge is 0.465 e. The number of likely N-dealkylation sites (tertiary alicyclic amines) is 1. The summed E-state index contributed by atoms with van der Waals surface area (Å²) in [5.41, 5.74) is 5.68. The van der Waals surface area contributed by atoms with Gasteiger partial charge < -0.3 is 14.6 Å². The number of pyridine rings is 1. The maximum Gasteiger partial charge on any atom is 0.407 e. The fourth-order valence-corrected chi connectivity index (χ4v) is 4.48. The Hall–Kier alpha value is -4.18. The molecule has 0 unspecified atom stereocenters. The quantitative estimate of drug-likeness (QED) is 0.462. The molecule has 4 aromatic rings. The molecule has 7 heteroatoms. The van der Waals surface area contributed by atoms with Crippen LogP contribution >= 0.6 is 0 Å². The molecule has 0 saturated carbocycles. The van der Waals surface area contributed by atoms with Crippen molar-refractivity contribution >= 4 is 17.1 Å². The van der Waals surface area contributed by atoms with Crippen molar-refractivity contribution in [2.75, 3.05) is 13.1 Å². The van der Waals surface area contributed by atoms with Crippen molar-refractivity contribution in [3.8, 4) is 28.5 Å². The van der Waals surface area contributed by atoms with Gasteiger partial charge in [0, 0.05) is 37.0 Å². The number of nitriles is 1. The third-order valence-electron chi connectivity index (χ3n) is 6.21. The first-order valence-electron chi connectivity index (χ1n) is 10.8. The van der Waals surface area contributed by atoms with Crippen molar-refractivity contribution in [2.24, 2.45) is 5.92 Å². The predicted molar refractivity (Wildman–Crippen MR) is 123 cm³/mol. The maximum absolute atomic E-state index is 13.5. The van der Waals surface area contributed by atoms with E-state index in [0.29, 0.717) is 25.2 Å². The van der Waals surface area contributed by atoms with E-state index < -0.39 is 6.09 Å². The van der Waals surface area contributed by atoms with Gasteiger partial charge in [-0.1, -0.05) is 12.1 Å². The van der Waals surface area contributed by atoms with Crippen LogP contribution in [0.15, 0.2) is 66.9 Å². The average Bonchev–Trinajstić information content (AvgIpc) is 3.46. The van der Waals surface area contributed by atoms with Gasteiger partial charge in [-0.15, -0.1) is 0 Å². The second kappa shape index (κ2) is 8.40. The molecule has 1 atom stereocenters. The van der Waals surface area contributed by atoms with Crippen LogP contribution in [-0.2, 0) is 6.54 Å². The van der Waals surface area contributed by atoms with Gasteiger partial charge in [-0.05, 0) is 66.4 Å². The van der Waals surface area contributed by atoms with Gasteiger partial charge in [0.1, 0.15) is 5.82 Å². The molecule has 3 heterocycles. The molecule has 1 N–H and O–H groups in total. The summed E-state index contributed by atoms with van der Waals surface area (Å²) in [6.45, 7) is 1.79. The lowest BCUT2D eigenvalue weighted by atomic mass is 9.98. The lowest BCUT2D eigenvalue weighted by molar-refractivity contribution is 0.153. The van der Waals surface area contributed by atoms with Crippen LogP contribution in [-0.4, -0.2) is 38.7 Å². The topological polar surface area (TPSA) is 82.2 Å². The highest BCUT2D eigenvalue weighted by atomic mass is 19.1. The first-order valence-corrected chi connectivity index (χ1v) is 10.8. The zero-order valence-corrected chi connectivity index (χ0v) is 17.8. The van der Waals surface area contributed by atoms with E-state index in [1.807, 2.05) is 24.4 Å². The summed E-state index contributed by atoms with van der Waals surface area (Å²) in [5, 5.41) is 18.4. The van der Waals surface area contributed by atoms with E-state index in [9.17, 15) is 14.3 Å². The average molecular weight is 440 g/mol. The molecule has 1 aliphatic rings. The number of aromatic nitrogens is 2. The van der Waals surface area contributed by atoms with Crippen LogP contribution in [0.2, 0.25) is 0 Å². The molecule has 5 rings (SSSR count). The summed E-state index contributed by atoms with van der Waals surface area (Å²) in [7, 11) is 0. The van der Waals surface area contributed by atoms with E-state index in [4.69, 9.17) is 10.2 Å². The van der Waals surface area contributed by atoms with Gasteiger partial charge in [-0.3, -0.25) is 0 Å². The van der Waals surface area contributed by atoms with Crippen LogP contribution in [0.3, 0.4) is 0 Å². The lowest BCUT2D eigenvalue weighted by Gasteiger charge is -2.15. The van der Waals surface area contributed by atoms with Crippen LogP contribution in [0.5, 0.6) is 0 Å². The molecule has 6 nitrogen and oxygen atoms in total. The number of benzene rings is 2. The second-order valence-electron chi connectivity index (χ2n) is 8.34. The third kappa shape index (κ3) is 4.03. The SMILES string of the molecule is N#Cc1ccc(-c2cc3c(ccn3C[C@@H]3CCN(C(=O)O)C3)nc2-c2ccc(F)cc2)cc1. The molecule has 2 aromatic carbocycles. The number of nitrogens with zero attached hydrogens (tertiary/aromatic N) is 4. The maximum atomic E-state index is 13.5. The Morgan fingerprint density at radius 1 is 1.12 bits per heavy atom. The number of fused-ring (bicyclic) bond motifs is 1. The zero-order valence-electron chi connectivity index (χ0n) is 17.8. The normalized spacial score (nSPS) is 15.6. The molecule has 0 spiro atoms. The Kier molecular flexibility index (Phi) is 5.27. The summed E-state index contributed by atoms with van der Waals surface area (Å²) < 4.78 is 15.7. The van der Waals surface area contributed by atoms with E-state index in [-0.39, 0.29) is 11.7 Å². The number of hydrogen-bond donors (Lipinski definition) is 1. The van der Waals surface area contributed by atoms with Gasteiger partial charge in [0.2, 0.25) is 0 Å². The van der Waals surface area contributed by atoms with Crippen molar-refractivity contribution in [2.45, 2.75) is 13.0 Å². The Labute approximate surface area is 190 Å². The number of amides is 1. The predicted octanol–water partition coefficient (Wildman–Crippen LogP) is 5.38. The number of hydrogen-bond acceptors (Lipinski definition) is 3. The van der Waals surface area contributed by atoms with Crippen LogP contribution < -0.4 is 0 Å². The molecule has 0 radical (unpaired) electrons. The molecule has 33 heavy (non-hydrogen) atoms. The van der Waals surface area contributed by atoms with Crippen LogP contribution in [0, 0.1) is 23.1 Å². The Bertz CT molecular complexity index is 1370. The van der Waals surface area contributed by atoms with Crippen LogP contribution in [0.1, 0.15) is 12.0 Å². The van der Waals surface area contributed by atoms with Gasteiger partial charge in [-0.2, -0.15) is 5.26 Å². The van der Waals surface area contributed by atoms with Crippen molar-refractivity contribution in [3.63, 3.8) is 0 Å². The number of halogens is 1. The van der Waals surface area contributed by atoms with Crippen LogP contribution in [0.25, 0.3) is 33.4 Å². The molecular formula is C26H21FN4O2. The molecule has 1 aliphatic heterocycles. The van der Waals surface area contributed by atoms with Crippen molar-refractivity contribution in [1.82, 2.24) is 14.5 Å². The smallest absolute Gasteiger partial charge is 0.407 e. The summed E-state index contributed by atoms with van der Waals surface area (Å²) in [6, 6.07) is 19.8. The second-order valence-corrected chi connectivity index (χ2v) is 8.34. The minimum atomic E-state index is -0.872. The van der Waals surface area contributed by atoms with Gasteiger partial charge in [0.25, 0.3) is 0 Å². The number of carbonyl (C=O) groups is 1. The molecule has 1 amide bonds. The molecule has 0 aliphatic carbocycles. The first-order chi connectivity index (χ1) is 16.0. The lowest BCUT2D eigenvalue weighted by Crippen LogP contribution is -2.27. The highest BCUT2D eigenvalue weighted by Gasteiger charge is 2.26. The van der Waals surface area contributed by atoms with E-state index >= 15 is 0 Å². The van der Waals surface area contributed by atoms with Crippen molar-refractivity contribution < 1.29 is 14.3 Å². The fraction of sp³-hybridized carbons (Fsp3) is 0.192. The summed E-state index contributed by atoms with van der Waals surface area (Å²) in [4.78, 5) is 17.6. The molecular weight excluding hydrogens is 419 g/mol.